The summed E-state index contributed by atoms with van der Waals surface area (Å²) in [5, 5.41) is 2.70. The van der Waals surface area contributed by atoms with E-state index < -0.39 is 5.82 Å². The number of rotatable bonds is 4. The second kappa shape index (κ2) is 6.37. The van der Waals surface area contributed by atoms with Crippen molar-refractivity contribution in [2.24, 2.45) is 5.73 Å². The molecular formula is C16H17FN2O2. The van der Waals surface area contributed by atoms with Gasteiger partial charge in [-0.2, -0.15) is 0 Å². The van der Waals surface area contributed by atoms with Crippen LogP contribution < -0.4 is 15.8 Å². The van der Waals surface area contributed by atoms with Crippen molar-refractivity contribution in [3.05, 3.63) is 59.4 Å². The third-order valence-electron chi connectivity index (χ3n) is 3.11. The molecule has 0 saturated carbocycles. The lowest BCUT2D eigenvalue weighted by atomic mass is 10.1. The van der Waals surface area contributed by atoms with Crippen LogP contribution in [0.2, 0.25) is 0 Å². The van der Waals surface area contributed by atoms with E-state index in [1.54, 1.807) is 12.1 Å². The third-order valence-corrected chi connectivity index (χ3v) is 3.11. The molecule has 2 aromatic carbocycles. The van der Waals surface area contributed by atoms with Crippen molar-refractivity contribution in [2.45, 2.75) is 13.0 Å². The first-order chi connectivity index (χ1) is 10.0. The molecule has 1 atom stereocenters. The van der Waals surface area contributed by atoms with Crippen molar-refractivity contribution in [3.8, 4) is 5.75 Å². The number of nitrogens with two attached hydrogens (primary N) is 1. The van der Waals surface area contributed by atoms with Crippen LogP contribution in [0.5, 0.6) is 5.75 Å². The fourth-order valence-electron chi connectivity index (χ4n) is 1.88. The molecule has 21 heavy (non-hydrogen) atoms. The molecule has 0 saturated heterocycles. The number of carbonyl (C=O) groups excluding carboxylic acids is 1. The first-order valence-corrected chi connectivity index (χ1v) is 6.51. The number of halogens is 1. The van der Waals surface area contributed by atoms with E-state index in [4.69, 9.17) is 10.5 Å². The number of methoxy groups -OCH3 is 1. The lowest BCUT2D eigenvalue weighted by Gasteiger charge is -2.09. The minimum Gasteiger partial charge on any atom is -0.494 e. The van der Waals surface area contributed by atoms with Crippen molar-refractivity contribution < 1.29 is 13.9 Å². The van der Waals surface area contributed by atoms with Crippen molar-refractivity contribution >= 4 is 11.6 Å². The Morgan fingerprint density at radius 2 is 1.90 bits per heavy atom. The highest BCUT2D eigenvalue weighted by atomic mass is 19.1. The summed E-state index contributed by atoms with van der Waals surface area (Å²) in [6.45, 7) is 1.88. The van der Waals surface area contributed by atoms with Gasteiger partial charge in [0, 0.05) is 17.3 Å². The monoisotopic (exact) mass is 288 g/mol. The molecule has 0 spiro atoms. The Labute approximate surface area is 122 Å². The molecule has 1 amide bonds. The number of anilines is 1. The van der Waals surface area contributed by atoms with Gasteiger partial charge < -0.3 is 15.8 Å². The molecule has 3 N–H and O–H groups in total. The highest BCUT2D eigenvalue weighted by molar-refractivity contribution is 6.04. The van der Waals surface area contributed by atoms with E-state index in [0.717, 1.165) is 11.6 Å². The smallest absolute Gasteiger partial charge is 0.255 e. The van der Waals surface area contributed by atoms with Gasteiger partial charge in [-0.1, -0.05) is 12.1 Å². The van der Waals surface area contributed by atoms with Gasteiger partial charge in [-0.15, -0.1) is 0 Å². The number of amides is 1. The van der Waals surface area contributed by atoms with E-state index in [9.17, 15) is 9.18 Å². The maximum Gasteiger partial charge on any atom is 0.255 e. The van der Waals surface area contributed by atoms with Crippen LogP contribution in [0, 0.1) is 5.82 Å². The summed E-state index contributed by atoms with van der Waals surface area (Å²) in [5.41, 5.74) is 7.59. The van der Waals surface area contributed by atoms with Crippen molar-refractivity contribution in [3.63, 3.8) is 0 Å². The van der Waals surface area contributed by atoms with Crippen LogP contribution in [0.25, 0.3) is 0 Å². The van der Waals surface area contributed by atoms with Gasteiger partial charge in [-0.3, -0.25) is 4.79 Å². The summed E-state index contributed by atoms with van der Waals surface area (Å²) in [6, 6.07) is 11.2. The Balaban J connectivity index is 2.12. The van der Waals surface area contributed by atoms with Gasteiger partial charge >= 0.3 is 0 Å². The fourth-order valence-corrected chi connectivity index (χ4v) is 1.88. The minimum absolute atomic E-state index is 0.0644. The highest BCUT2D eigenvalue weighted by Crippen LogP contribution is 2.19. The zero-order chi connectivity index (χ0) is 15.4. The molecule has 0 aromatic heterocycles. The van der Waals surface area contributed by atoms with Crippen LogP contribution >= 0.6 is 0 Å². The van der Waals surface area contributed by atoms with Gasteiger partial charge in [-0.25, -0.2) is 4.39 Å². The van der Waals surface area contributed by atoms with E-state index in [1.807, 2.05) is 19.1 Å². The standard InChI is InChI=1S/C16H17FN2O2/c1-10(18)11-3-6-13(7-4-11)19-16(20)12-5-8-15(21-2)14(17)9-12/h3-10H,18H2,1-2H3,(H,19,20). The average molecular weight is 288 g/mol. The van der Waals surface area contributed by atoms with E-state index in [2.05, 4.69) is 5.32 Å². The number of hydrogen-bond acceptors (Lipinski definition) is 3. The van der Waals surface area contributed by atoms with Crippen LogP contribution in [0.4, 0.5) is 10.1 Å². The maximum atomic E-state index is 13.6. The molecule has 5 heteroatoms. The lowest BCUT2D eigenvalue weighted by Crippen LogP contribution is -2.12. The van der Waals surface area contributed by atoms with E-state index in [1.165, 1.54) is 19.2 Å². The number of carbonyl (C=O) groups is 1. The van der Waals surface area contributed by atoms with Crippen molar-refractivity contribution in [1.82, 2.24) is 0 Å². The Morgan fingerprint density at radius 1 is 1.24 bits per heavy atom. The Bertz CT molecular complexity index is 639. The number of benzene rings is 2. The normalized spacial score (nSPS) is 11.8. The topological polar surface area (TPSA) is 64.3 Å². The van der Waals surface area contributed by atoms with E-state index >= 15 is 0 Å². The van der Waals surface area contributed by atoms with Gasteiger partial charge in [0.15, 0.2) is 11.6 Å². The van der Waals surface area contributed by atoms with Gasteiger partial charge in [0.25, 0.3) is 5.91 Å². The minimum atomic E-state index is -0.572. The summed E-state index contributed by atoms with van der Waals surface area (Å²) in [6.07, 6.45) is 0. The van der Waals surface area contributed by atoms with Crippen LogP contribution in [0.1, 0.15) is 28.9 Å². The second-order valence-electron chi connectivity index (χ2n) is 4.71. The van der Waals surface area contributed by atoms with Gasteiger partial charge in [0.2, 0.25) is 0 Å². The molecule has 2 aromatic rings. The van der Waals surface area contributed by atoms with E-state index in [0.29, 0.717) is 5.69 Å². The predicted octanol–water partition coefficient (Wildman–Crippen LogP) is 3.11. The Morgan fingerprint density at radius 3 is 2.43 bits per heavy atom. The summed E-state index contributed by atoms with van der Waals surface area (Å²) in [4.78, 5) is 12.0. The number of ether oxygens (including phenoxy) is 1. The van der Waals surface area contributed by atoms with Crippen LogP contribution in [0.15, 0.2) is 42.5 Å². The quantitative estimate of drug-likeness (QED) is 0.908. The Kier molecular flexibility index (Phi) is 4.55. The molecule has 0 aliphatic rings. The second-order valence-corrected chi connectivity index (χ2v) is 4.71. The van der Waals surface area contributed by atoms with Crippen LogP contribution in [0.3, 0.4) is 0 Å². The molecule has 0 bridgehead atoms. The summed E-state index contributed by atoms with van der Waals surface area (Å²) >= 11 is 0. The van der Waals surface area contributed by atoms with Gasteiger partial charge in [0.1, 0.15) is 0 Å². The molecule has 1 unspecified atom stereocenters. The zero-order valence-corrected chi connectivity index (χ0v) is 11.9. The molecule has 110 valence electrons. The molecular weight excluding hydrogens is 271 g/mol. The Hall–Kier alpha value is -2.40. The number of hydrogen-bond donors (Lipinski definition) is 2. The van der Waals surface area contributed by atoms with Gasteiger partial charge in [-0.05, 0) is 42.8 Å². The summed E-state index contributed by atoms with van der Waals surface area (Å²) < 4.78 is 18.4. The molecule has 2 rings (SSSR count). The maximum absolute atomic E-state index is 13.6. The SMILES string of the molecule is COc1ccc(C(=O)Nc2ccc(C(C)N)cc2)cc1F. The van der Waals surface area contributed by atoms with Crippen molar-refractivity contribution in [2.75, 3.05) is 12.4 Å². The fraction of sp³-hybridized carbons (Fsp3) is 0.188. The number of nitrogens with one attached hydrogen (secondary N) is 1. The van der Waals surface area contributed by atoms with Crippen LogP contribution in [-0.4, -0.2) is 13.0 Å². The first kappa shape index (κ1) is 15.0. The molecule has 4 nitrogen and oxygen atoms in total. The predicted molar refractivity (Wildman–Crippen MR) is 79.9 cm³/mol. The highest BCUT2D eigenvalue weighted by Gasteiger charge is 2.10. The first-order valence-electron chi connectivity index (χ1n) is 6.51. The van der Waals surface area contributed by atoms with Crippen LogP contribution in [-0.2, 0) is 0 Å². The molecule has 0 fully saturated rings. The third kappa shape index (κ3) is 3.58. The van der Waals surface area contributed by atoms with Crippen molar-refractivity contribution in [1.29, 1.82) is 0 Å². The van der Waals surface area contributed by atoms with Gasteiger partial charge in [0.05, 0.1) is 7.11 Å². The molecule has 0 aliphatic heterocycles. The molecule has 0 heterocycles. The molecule has 0 radical (unpaired) electrons. The summed E-state index contributed by atoms with van der Waals surface area (Å²) in [7, 11) is 1.37. The largest absolute Gasteiger partial charge is 0.494 e. The zero-order valence-electron chi connectivity index (χ0n) is 11.9. The lowest BCUT2D eigenvalue weighted by molar-refractivity contribution is 0.102. The van der Waals surface area contributed by atoms with E-state index in [-0.39, 0.29) is 23.3 Å². The molecule has 0 aliphatic carbocycles. The summed E-state index contributed by atoms with van der Waals surface area (Å²) in [5.74, 6) is -0.851. The average Bonchev–Trinajstić information content (AvgIpc) is 2.47.